The molecule has 2 aromatic carbocycles. The number of piperidine rings is 1. The van der Waals surface area contributed by atoms with E-state index in [4.69, 9.17) is 40.4 Å². The molecule has 218 valence electrons. The molecule has 0 radical (unpaired) electrons. The lowest BCUT2D eigenvalue weighted by molar-refractivity contribution is 0.357. The summed E-state index contributed by atoms with van der Waals surface area (Å²) < 4.78 is 2.04. The number of nitrogens with zero attached hydrogens (tertiary/aromatic N) is 4. The molecular formula is C33H35Cl2N5OS. The Morgan fingerprint density at radius 3 is 2.40 bits per heavy atom. The molecule has 0 spiro atoms. The second-order valence-electron chi connectivity index (χ2n) is 11.8. The third kappa shape index (κ3) is 5.23. The zero-order valence-corrected chi connectivity index (χ0v) is 26.5. The number of anilines is 2. The lowest BCUT2D eigenvalue weighted by Crippen LogP contribution is -2.38. The number of aryl methyl sites for hydroxylation is 1. The fraction of sp³-hybridized carbons (Fsp3) is 0.333. The van der Waals surface area contributed by atoms with Gasteiger partial charge in [-0.1, -0.05) is 43.1 Å². The smallest absolute Gasteiger partial charge is 0.174 e. The molecule has 2 aliphatic heterocycles. The second-order valence-corrected chi connectivity index (χ2v) is 13.0. The van der Waals surface area contributed by atoms with Gasteiger partial charge < -0.3 is 24.8 Å². The van der Waals surface area contributed by atoms with Gasteiger partial charge in [-0.2, -0.15) is 0 Å². The van der Waals surface area contributed by atoms with Crippen LogP contribution in [0.5, 0.6) is 5.75 Å². The van der Waals surface area contributed by atoms with Crippen molar-refractivity contribution in [3.8, 4) is 11.4 Å². The highest BCUT2D eigenvalue weighted by Gasteiger charge is 2.42. The Morgan fingerprint density at radius 1 is 0.952 bits per heavy atom. The maximum Gasteiger partial charge on any atom is 0.174 e. The molecule has 2 aromatic heterocycles. The van der Waals surface area contributed by atoms with E-state index in [0.717, 1.165) is 47.1 Å². The first-order valence-corrected chi connectivity index (χ1v) is 15.5. The SMILES string of the molecule is Cc1cc([C@H]2[C@@H](c3ccccn3)NC(=S)N2c2ccc(N3C[C@H](C)C[C@H](C)C3)c(Cl)c2)c(C)n1-c1cc(Cl)ccc1O. The third-order valence-electron chi connectivity index (χ3n) is 8.48. The molecule has 2 saturated heterocycles. The average molecular weight is 621 g/mol. The number of halogens is 2. The number of thiocarbonyl (C=S) groups is 1. The number of phenolic OH excluding ortho intramolecular Hbond substituents is 1. The van der Waals surface area contributed by atoms with Crippen LogP contribution in [0.25, 0.3) is 5.69 Å². The summed E-state index contributed by atoms with van der Waals surface area (Å²) in [6, 6.07) is 19.0. The number of aromatic nitrogens is 2. The monoisotopic (exact) mass is 619 g/mol. The average Bonchev–Trinajstić information content (AvgIpc) is 3.44. The molecule has 0 unspecified atom stereocenters. The number of pyridine rings is 1. The molecule has 4 aromatic rings. The predicted octanol–water partition coefficient (Wildman–Crippen LogP) is 8.16. The van der Waals surface area contributed by atoms with Gasteiger partial charge in [0, 0.05) is 41.4 Å². The number of nitrogens with one attached hydrogen (secondary N) is 1. The highest BCUT2D eigenvalue weighted by atomic mass is 35.5. The molecule has 0 saturated carbocycles. The van der Waals surface area contributed by atoms with Gasteiger partial charge in [0.25, 0.3) is 0 Å². The maximum absolute atomic E-state index is 10.8. The molecular weight excluding hydrogens is 585 g/mol. The fourth-order valence-electron chi connectivity index (χ4n) is 6.84. The van der Waals surface area contributed by atoms with Gasteiger partial charge in [-0.15, -0.1) is 0 Å². The van der Waals surface area contributed by atoms with Crippen LogP contribution in [0.15, 0.2) is 66.9 Å². The Morgan fingerprint density at radius 2 is 1.71 bits per heavy atom. The molecule has 2 fully saturated rings. The molecule has 4 heterocycles. The van der Waals surface area contributed by atoms with Crippen LogP contribution in [0.4, 0.5) is 11.4 Å². The van der Waals surface area contributed by atoms with Crippen LogP contribution in [0.1, 0.15) is 55.0 Å². The summed E-state index contributed by atoms with van der Waals surface area (Å²) in [5.41, 5.74) is 6.51. The molecule has 0 bridgehead atoms. The van der Waals surface area contributed by atoms with Crippen molar-refractivity contribution in [3.05, 3.63) is 99.6 Å². The topological polar surface area (TPSA) is 56.6 Å². The molecule has 6 nitrogen and oxygen atoms in total. The highest BCUT2D eigenvalue weighted by Crippen LogP contribution is 2.45. The van der Waals surface area contributed by atoms with Crippen molar-refractivity contribution in [1.29, 1.82) is 0 Å². The molecule has 0 aliphatic carbocycles. The fourth-order valence-corrected chi connectivity index (χ4v) is 7.65. The number of phenols is 1. The first-order chi connectivity index (χ1) is 20.1. The number of aromatic hydroxyl groups is 1. The summed E-state index contributed by atoms with van der Waals surface area (Å²) in [6.45, 7) is 10.7. The van der Waals surface area contributed by atoms with Crippen molar-refractivity contribution in [3.63, 3.8) is 0 Å². The van der Waals surface area contributed by atoms with Crippen LogP contribution in [0, 0.1) is 25.7 Å². The normalized spacial score (nSPS) is 22.5. The minimum atomic E-state index is -0.217. The van der Waals surface area contributed by atoms with Gasteiger partial charge in [0.2, 0.25) is 0 Å². The van der Waals surface area contributed by atoms with E-state index in [2.05, 4.69) is 54.1 Å². The summed E-state index contributed by atoms with van der Waals surface area (Å²) in [4.78, 5) is 9.26. The Hall–Kier alpha value is -3.26. The highest BCUT2D eigenvalue weighted by molar-refractivity contribution is 7.80. The largest absolute Gasteiger partial charge is 0.506 e. The number of hydrogen-bond acceptors (Lipinski definition) is 4. The van der Waals surface area contributed by atoms with E-state index in [0.29, 0.717) is 32.7 Å². The molecule has 42 heavy (non-hydrogen) atoms. The van der Waals surface area contributed by atoms with Crippen molar-refractivity contribution < 1.29 is 5.11 Å². The lowest BCUT2D eigenvalue weighted by Gasteiger charge is -2.37. The number of rotatable bonds is 5. The first-order valence-electron chi connectivity index (χ1n) is 14.3. The number of benzene rings is 2. The first kappa shape index (κ1) is 28.8. The molecule has 2 aliphatic rings. The lowest BCUT2D eigenvalue weighted by atomic mass is 9.91. The van der Waals surface area contributed by atoms with Gasteiger partial charge in [-0.05, 0) is 104 Å². The van der Waals surface area contributed by atoms with Crippen LogP contribution >= 0.6 is 35.4 Å². The summed E-state index contributed by atoms with van der Waals surface area (Å²) in [7, 11) is 0. The van der Waals surface area contributed by atoms with Crippen molar-refractivity contribution in [1.82, 2.24) is 14.9 Å². The standard InChI is InChI=1S/C33H35Cl2N5OS/c1-19-13-20(2)18-38(17-19)28-10-9-24(16-26(28)35)40-32(31(37-33(40)42)27-7-5-6-12-36-27)25-14-21(3)39(22(25)4)29-15-23(34)8-11-30(29)41/h5-12,14-16,19-20,31-32,41H,13,17-18H2,1-4H3,(H,37,42)/t19-,20+,31-,32+/m1/s1. The summed E-state index contributed by atoms with van der Waals surface area (Å²) in [6.07, 6.45) is 3.04. The zero-order valence-electron chi connectivity index (χ0n) is 24.2. The van der Waals surface area contributed by atoms with Crippen LogP contribution < -0.4 is 15.1 Å². The van der Waals surface area contributed by atoms with Crippen molar-refractivity contribution in [2.75, 3.05) is 22.9 Å². The van der Waals surface area contributed by atoms with E-state index in [1.807, 2.05) is 35.8 Å². The van der Waals surface area contributed by atoms with E-state index in [1.54, 1.807) is 24.4 Å². The van der Waals surface area contributed by atoms with Crippen LogP contribution in [-0.2, 0) is 0 Å². The summed E-state index contributed by atoms with van der Waals surface area (Å²) >= 11 is 19.4. The minimum absolute atomic E-state index is 0.162. The minimum Gasteiger partial charge on any atom is -0.506 e. The zero-order chi connectivity index (χ0) is 29.7. The van der Waals surface area contributed by atoms with Crippen LogP contribution in [0.2, 0.25) is 10.0 Å². The predicted molar refractivity (Wildman–Crippen MR) is 176 cm³/mol. The molecule has 0 amide bonds. The molecule has 9 heteroatoms. The quantitative estimate of drug-likeness (QED) is 0.220. The van der Waals surface area contributed by atoms with Crippen molar-refractivity contribution >= 4 is 51.9 Å². The molecule has 6 rings (SSSR count). The van der Waals surface area contributed by atoms with Crippen molar-refractivity contribution in [2.45, 2.75) is 46.2 Å². The van der Waals surface area contributed by atoms with E-state index in [1.165, 1.54) is 6.42 Å². The third-order valence-corrected chi connectivity index (χ3v) is 9.34. The summed E-state index contributed by atoms with van der Waals surface area (Å²) in [5.74, 6) is 1.41. The maximum atomic E-state index is 10.8. The Bertz CT molecular complexity index is 1630. The molecule has 2 N–H and O–H groups in total. The Kier molecular flexibility index (Phi) is 7.85. The van der Waals surface area contributed by atoms with E-state index in [-0.39, 0.29) is 17.8 Å². The van der Waals surface area contributed by atoms with E-state index < -0.39 is 0 Å². The van der Waals surface area contributed by atoms with Gasteiger partial charge in [-0.3, -0.25) is 4.98 Å². The number of hydrogen-bond donors (Lipinski definition) is 2. The summed E-state index contributed by atoms with van der Waals surface area (Å²) in [5, 5.41) is 16.2. The van der Waals surface area contributed by atoms with Gasteiger partial charge >= 0.3 is 0 Å². The van der Waals surface area contributed by atoms with Gasteiger partial charge in [-0.25, -0.2) is 0 Å². The van der Waals surface area contributed by atoms with Gasteiger partial charge in [0.15, 0.2) is 5.11 Å². The Balaban J connectivity index is 1.45. The van der Waals surface area contributed by atoms with Crippen molar-refractivity contribution in [2.24, 2.45) is 11.8 Å². The van der Waals surface area contributed by atoms with Crippen LogP contribution in [0.3, 0.4) is 0 Å². The van der Waals surface area contributed by atoms with E-state index in [9.17, 15) is 5.11 Å². The van der Waals surface area contributed by atoms with E-state index >= 15 is 0 Å². The van der Waals surface area contributed by atoms with Gasteiger partial charge in [0.1, 0.15) is 5.75 Å². The van der Waals surface area contributed by atoms with Gasteiger partial charge in [0.05, 0.1) is 34.2 Å². The van der Waals surface area contributed by atoms with Crippen LogP contribution in [-0.4, -0.2) is 32.9 Å². The molecule has 4 atom stereocenters. The Labute approximate surface area is 262 Å². The second kappa shape index (κ2) is 11.4.